The summed E-state index contributed by atoms with van der Waals surface area (Å²) in [5, 5.41) is 9.31. The van der Waals surface area contributed by atoms with Gasteiger partial charge in [-0.1, -0.05) is 18.2 Å². The van der Waals surface area contributed by atoms with Crippen molar-refractivity contribution in [3.05, 3.63) is 48.0 Å². The van der Waals surface area contributed by atoms with Gasteiger partial charge in [0, 0.05) is 0 Å². The number of carboxylic acids is 1. The Morgan fingerprint density at radius 2 is 1.46 bits per heavy atom. The van der Waals surface area contributed by atoms with Crippen molar-refractivity contribution in [1.29, 1.82) is 0 Å². The molecule has 0 aromatic heterocycles. The Balaban J connectivity index is 1.49. The minimum atomic E-state index is -4.28. The molecule has 154 valence electrons. The summed E-state index contributed by atoms with van der Waals surface area (Å²) in [4.78, 5) is 11.3. The van der Waals surface area contributed by atoms with E-state index in [1.807, 2.05) is 0 Å². The van der Waals surface area contributed by atoms with Gasteiger partial charge in [-0.3, -0.25) is 4.79 Å². The van der Waals surface area contributed by atoms with Gasteiger partial charge in [0.15, 0.2) is 0 Å². The average molecular weight is 394 g/mol. The van der Waals surface area contributed by atoms with Crippen LogP contribution in [0.5, 0.6) is 0 Å². The molecule has 3 rings (SSSR count). The van der Waals surface area contributed by atoms with Crippen molar-refractivity contribution in [3.8, 4) is 0 Å². The Labute approximate surface area is 164 Å². The zero-order valence-corrected chi connectivity index (χ0v) is 16.1. The first kappa shape index (κ1) is 20.9. The zero-order valence-electron chi connectivity index (χ0n) is 16.1. The number of benzene rings is 1. The first-order valence-electron chi connectivity index (χ1n) is 10.3. The molecule has 1 unspecified atom stereocenters. The van der Waals surface area contributed by atoms with Crippen LogP contribution in [0, 0.1) is 23.7 Å². The summed E-state index contributed by atoms with van der Waals surface area (Å²) < 4.78 is 38.2. The third kappa shape index (κ3) is 4.79. The van der Waals surface area contributed by atoms with E-state index in [1.165, 1.54) is 12.1 Å². The van der Waals surface area contributed by atoms with Crippen molar-refractivity contribution < 1.29 is 23.1 Å². The van der Waals surface area contributed by atoms with Gasteiger partial charge in [0.25, 0.3) is 0 Å². The lowest BCUT2D eigenvalue weighted by Gasteiger charge is -2.38. The Morgan fingerprint density at radius 1 is 0.964 bits per heavy atom. The molecule has 1 atom stereocenters. The lowest BCUT2D eigenvalue weighted by Crippen LogP contribution is -2.30. The smallest absolute Gasteiger partial charge is 0.416 e. The second kappa shape index (κ2) is 8.71. The number of rotatable bonds is 5. The summed E-state index contributed by atoms with van der Waals surface area (Å²) in [7, 11) is 0. The van der Waals surface area contributed by atoms with Gasteiger partial charge in [0.1, 0.15) is 0 Å². The molecule has 5 heteroatoms. The second-order valence-corrected chi connectivity index (χ2v) is 8.51. The molecule has 2 aliphatic rings. The highest BCUT2D eigenvalue weighted by Crippen LogP contribution is 2.45. The van der Waals surface area contributed by atoms with Crippen molar-refractivity contribution in [2.45, 2.75) is 63.5 Å². The van der Waals surface area contributed by atoms with Crippen LogP contribution in [0.4, 0.5) is 13.2 Å². The topological polar surface area (TPSA) is 37.3 Å². The number of aliphatic carboxylic acids is 1. The lowest BCUT2D eigenvalue weighted by atomic mass is 9.67. The first-order chi connectivity index (χ1) is 13.3. The van der Waals surface area contributed by atoms with E-state index in [2.05, 4.69) is 6.58 Å². The molecule has 2 nitrogen and oxygen atoms in total. The fourth-order valence-electron chi connectivity index (χ4n) is 5.34. The highest BCUT2D eigenvalue weighted by Gasteiger charge is 2.35. The largest absolute Gasteiger partial charge is 0.481 e. The summed E-state index contributed by atoms with van der Waals surface area (Å²) in [6.45, 7) is 3.68. The van der Waals surface area contributed by atoms with Crippen molar-refractivity contribution >= 4 is 5.97 Å². The van der Waals surface area contributed by atoms with Crippen LogP contribution in [-0.4, -0.2) is 11.1 Å². The van der Waals surface area contributed by atoms with Crippen LogP contribution in [-0.2, 0) is 11.0 Å². The molecule has 1 aromatic carbocycles. The van der Waals surface area contributed by atoms with Crippen LogP contribution in [0.2, 0.25) is 0 Å². The van der Waals surface area contributed by atoms with E-state index in [4.69, 9.17) is 0 Å². The molecule has 0 saturated heterocycles. The summed E-state index contributed by atoms with van der Waals surface area (Å²) in [5.41, 5.74) is 0.436. The summed E-state index contributed by atoms with van der Waals surface area (Å²) in [5.74, 6) is 0.677. The molecular formula is C23H29F3O2. The molecule has 0 bridgehead atoms. The Hall–Kier alpha value is -1.78. The number of hydrogen-bond acceptors (Lipinski definition) is 1. The Bertz CT molecular complexity index is 664. The predicted octanol–water partition coefficient (Wildman–Crippen LogP) is 6.67. The molecule has 1 N–H and O–H groups in total. The summed E-state index contributed by atoms with van der Waals surface area (Å²) in [6.07, 6.45) is 5.65. The van der Waals surface area contributed by atoms with Crippen molar-refractivity contribution in [1.82, 2.24) is 0 Å². The molecule has 0 amide bonds. The maximum absolute atomic E-state index is 12.7. The Kier molecular flexibility index (Phi) is 6.51. The fourth-order valence-corrected chi connectivity index (χ4v) is 5.34. The van der Waals surface area contributed by atoms with Crippen LogP contribution in [0.15, 0.2) is 36.9 Å². The van der Waals surface area contributed by atoms with Crippen LogP contribution in [0.1, 0.15) is 68.4 Å². The standard InChI is InChI=1S/C23H29F3O2/c1-2-21(22(27)28)19-9-7-17(8-10-19)15-3-5-16(6-4-15)18-11-13-20(14-12-18)23(24,25)26/h2,11-17,19,21H,1,3-10H2,(H,27,28). The monoisotopic (exact) mass is 394 g/mol. The number of carboxylic acid groups (broad SMARTS) is 1. The molecule has 0 heterocycles. The average Bonchev–Trinajstić information content (AvgIpc) is 2.68. The zero-order chi connectivity index (χ0) is 20.3. The number of hydrogen-bond donors (Lipinski definition) is 1. The molecule has 2 fully saturated rings. The molecule has 0 radical (unpaired) electrons. The second-order valence-electron chi connectivity index (χ2n) is 8.51. The molecule has 1 aromatic rings. The summed E-state index contributed by atoms with van der Waals surface area (Å²) >= 11 is 0. The van der Waals surface area contributed by atoms with Gasteiger partial charge in [0.2, 0.25) is 0 Å². The van der Waals surface area contributed by atoms with Crippen molar-refractivity contribution in [2.24, 2.45) is 23.7 Å². The molecule has 0 aliphatic heterocycles. The number of carbonyl (C=O) groups is 1. The minimum Gasteiger partial charge on any atom is -0.481 e. The maximum Gasteiger partial charge on any atom is 0.416 e. The van der Waals surface area contributed by atoms with Gasteiger partial charge in [-0.2, -0.15) is 13.2 Å². The van der Waals surface area contributed by atoms with Gasteiger partial charge in [-0.25, -0.2) is 0 Å². The van der Waals surface area contributed by atoms with Crippen molar-refractivity contribution in [2.75, 3.05) is 0 Å². The maximum atomic E-state index is 12.7. The predicted molar refractivity (Wildman–Crippen MR) is 103 cm³/mol. The van der Waals surface area contributed by atoms with Gasteiger partial charge in [0.05, 0.1) is 11.5 Å². The molecule has 2 aliphatic carbocycles. The summed E-state index contributed by atoms with van der Waals surface area (Å²) in [6, 6.07) is 5.67. The van der Waals surface area contributed by atoms with E-state index < -0.39 is 23.6 Å². The SMILES string of the molecule is C=CC(C(=O)O)C1CCC(C2CCC(c3ccc(C(F)(F)F)cc3)CC2)CC1. The van der Waals surface area contributed by atoms with E-state index in [1.54, 1.807) is 18.2 Å². The molecule has 2 saturated carbocycles. The molecule has 0 spiro atoms. The van der Waals surface area contributed by atoms with Crippen LogP contribution >= 0.6 is 0 Å². The lowest BCUT2D eigenvalue weighted by molar-refractivity contribution is -0.142. The normalized spacial score (nSPS) is 29.8. The van der Waals surface area contributed by atoms with E-state index in [0.717, 1.165) is 56.9 Å². The van der Waals surface area contributed by atoms with Gasteiger partial charge in [-0.05, 0) is 92.7 Å². The van der Waals surface area contributed by atoms with Crippen LogP contribution in [0.3, 0.4) is 0 Å². The minimum absolute atomic E-state index is 0.203. The quantitative estimate of drug-likeness (QED) is 0.566. The molecule has 28 heavy (non-hydrogen) atoms. The molecular weight excluding hydrogens is 365 g/mol. The Morgan fingerprint density at radius 3 is 1.89 bits per heavy atom. The van der Waals surface area contributed by atoms with E-state index in [0.29, 0.717) is 17.8 Å². The van der Waals surface area contributed by atoms with Gasteiger partial charge < -0.3 is 5.11 Å². The fraction of sp³-hybridized carbons (Fsp3) is 0.609. The van der Waals surface area contributed by atoms with Crippen LogP contribution < -0.4 is 0 Å². The number of alkyl halides is 3. The van der Waals surface area contributed by atoms with E-state index >= 15 is 0 Å². The van der Waals surface area contributed by atoms with E-state index in [-0.39, 0.29) is 5.92 Å². The number of halogens is 3. The highest BCUT2D eigenvalue weighted by atomic mass is 19.4. The van der Waals surface area contributed by atoms with Crippen LogP contribution in [0.25, 0.3) is 0 Å². The van der Waals surface area contributed by atoms with E-state index in [9.17, 15) is 23.1 Å². The third-order valence-electron chi connectivity index (χ3n) is 7.01. The van der Waals surface area contributed by atoms with Crippen molar-refractivity contribution in [3.63, 3.8) is 0 Å². The van der Waals surface area contributed by atoms with Gasteiger partial charge in [-0.15, -0.1) is 6.58 Å². The van der Waals surface area contributed by atoms with Gasteiger partial charge >= 0.3 is 12.1 Å². The highest BCUT2D eigenvalue weighted by molar-refractivity contribution is 5.72. The first-order valence-corrected chi connectivity index (χ1v) is 10.3. The third-order valence-corrected chi connectivity index (χ3v) is 7.01.